The third-order valence-corrected chi connectivity index (χ3v) is 7.94. The summed E-state index contributed by atoms with van der Waals surface area (Å²) in [6.07, 6.45) is 5.17. The number of nitrogens with zero attached hydrogens (tertiary/aromatic N) is 2. The third kappa shape index (κ3) is 3.86. The molecule has 2 bridgehead atoms. The summed E-state index contributed by atoms with van der Waals surface area (Å²) in [5.74, 6) is -1.88. The lowest BCUT2D eigenvalue weighted by Crippen LogP contribution is -2.55. The Balaban J connectivity index is 1.32. The second kappa shape index (κ2) is 8.81. The molecule has 5 heterocycles. The molecule has 2 N–H and O–H groups in total. The topological polar surface area (TPSA) is 123 Å². The Bertz CT molecular complexity index is 1250. The minimum atomic E-state index is -1.26. The number of hydrogen-bond donors (Lipinski definition) is 2. The van der Waals surface area contributed by atoms with Crippen LogP contribution >= 0.6 is 0 Å². The summed E-state index contributed by atoms with van der Waals surface area (Å²) in [5.41, 5.74) is -1.36. The molecule has 0 saturated carbocycles. The Morgan fingerprint density at radius 3 is 2.70 bits per heavy atom. The maximum Gasteiger partial charge on any atom is 0.246 e. The number of rotatable bonds is 7. The molecule has 2 aromatic rings. The lowest BCUT2D eigenvalue weighted by Gasteiger charge is -2.34. The van der Waals surface area contributed by atoms with Gasteiger partial charge >= 0.3 is 0 Å². The number of ether oxygens (including phenoxy) is 2. The van der Waals surface area contributed by atoms with Crippen LogP contribution in [0.15, 0.2) is 53.1 Å². The van der Waals surface area contributed by atoms with E-state index in [4.69, 9.17) is 14.0 Å². The second-order valence-corrected chi connectivity index (χ2v) is 10.5. The van der Waals surface area contributed by atoms with Crippen molar-refractivity contribution in [2.45, 2.75) is 56.6 Å². The van der Waals surface area contributed by atoms with Crippen molar-refractivity contribution < 1.29 is 28.4 Å². The molecule has 3 saturated heterocycles. The van der Waals surface area contributed by atoms with Gasteiger partial charge in [0.25, 0.3) is 0 Å². The van der Waals surface area contributed by atoms with Crippen LogP contribution in [-0.4, -0.2) is 64.3 Å². The number of aryl methyl sites for hydroxylation is 1. The fourth-order valence-corrected chi connectivity index (χ4v) is 6.34. The van der Waals surface area contributed by atoms with Gasteiger partial charge in [0.05, 0.1) is 23.5 Å². The summed E-state index contributed by atoms with van der Waals surface area (Å²) < 4.78 is 17.4. The van der Waals surface area contributed by atoms with E-state index in [1.54, 1.807) is 24.8 Å². The van der Waals surface area contributed by atoms with E-state index >= 15 is 0 Å². The van der Waals surface area contributed by atoms with Crippen LogP contribution < -0.4 is 10.6 Å². The Hall–Kier alpha value is -3.50. The highest BCUT2D eigenvalue weighted by Crippen LogP contribution is 2.59. The molecule has 0 unspecified atom stereocenters. The molecular weight excluding hydrogens is 476 g/mol. The van der Waals surface area contributed by atoms with Crippen molar-refractivity contribution in [2.75, 3.05) is 18.5 Å². The molecule has 1 spiro atoms. The van der Waals surface area contributed by atoms with Crippen molar-refractivity contribution in [3.05, 3.63) is 59.9 Å². The van der Waals surface area contributed by atoms with Gasteiger partial charge in [-0.3, -0.25) is 14.4 Å². The predicted molar refractivity (Wildman–Crippen MR) is 131 cm³/mol. The van der Waals surface area contributed by atoms with E-state index in [1.165, 1.54) is 0 Å². The molecule has 194 valence electrons. The van der Waals surface area contributed by atoms with E-state index in [0.717, 1.165) is 18.4 Å². The monoisotopic (exact) mass is 506 g/mol. The molecular formula is C27H30N4O6. The van der Waals surface area contributed by atoms with Gasteiger partial charge in [0.1, 0.15) is 17.4 Å². The van der Waals surface area contributed by atoms with Crippen LogP contribution in [0.4, 0.5) is 5.82 Å². The molecule has 37 heavy (non-hydrogen) atoms. The van der Waals surface area contributed by atoms with Gasteiger partial charge in [-0.15, -0.1) is 0 Å². The average Bonchev–Trinajstić information content (AvgIpc) is 3.68. The lowest BCUT2D eigenvalue weighted by molar-refractivity contribution is -0.145. The standard InChI is InChI=1S/C27H30N4O6/c1-16-13-19(30-36-16)29-23(32)20-21-25(34)31(15-18-9-6-12-35-18)22(27(21)11-10-26(20,2)37-27)24(33)28-14-17-7-4-3-5-8-17/h3-5,7-8,10-11,13,18,20-22H,6,9,12,14-15H2,1-2H3,(H,28,33)(H,29,30,32)/t18-,20-,21+,22-,26+,27+/m0/s1. The molecule has 10 heteroatoms. The summed E-state index contributed by atoms with van der Waals surface area (Å²) in [6.45, 7) is 4.72. The second-order valence-electron chi connectivity index (χ2n) is 10.5. The fourth-order valence-electron chi connectivity index (χ4n) is 6.34. The smallest absolute Gasteiger partial charge is 0.246 e. The van der Waals surface area contributed by atoms with E-state index in [9.17, 15) is 14.4 Å². The van der Waals surface area contributed by atoms with Gasteiger partial charge < -0.3 is 29.5 Å². The van der Waals surface area contributed by atoms with Crippen molar-refractivity contribution in [3.63, 3.8) is 0 Å². The highest BCUT2D eigenvalue weighted by molar-refractivity contribution is 6.03. The lowest BCUT2D eigenvalue weighted by atomic mass is 9.70. The molecule has 1 aromatic carbocycles. The van der Waals surface area contributed by atoms with Crippen molar-refractivity contribution in [1.82, 2.24) is 15.4 Å². The number of carbonyl (C=O) groups is 3. The summed E-state index contributed by atoms with van der Waals surface area (Å²) >= 11 is 0. The quantitative estimate of drug-likeness (QED) is 0.551. The van der Waals surface area contributed by atoms with Gasteiger partial charge in [0.2, 0.25) is 17.7 Å². The van der Waals surface area contributed by atoms with Gasteiger partial charge in [-0.1, -0.05) is 47.6 Å². The maximum atomic E-state index is 14.0. The Labute approximate surface area is 214 Å². The van der Waals surface area contributed by atoms with Crippen molar-refractivity contribution >= 4 is 23.5 Å². The molecule has 10 nitrogen and oxygen atoms in total. The van der Waals surface area contributed by atoms with Gasteiger partial charge in [-0.2, -0.15) is 0 Å². The maximum absolute atomic E-state index is 14.0. The number of carbonyl (C=O) groups excluding carboxylic acids is 3. The largest absolute Gasteiger partial charge is 0.376 e. The third-order valence-electron chi connectivity index (χ3n) is 7.94. The molecule has 3 fully saturated rings. The molecule has 6 rings (SSSR count). The number of amides is 3. The first-order valence-electron chi connectivity index (χ1n) is 12.7. The number of nitrogens with one attached hydrogen (secondary N) is 2. The van der Waals surface area contributed by atoms with Crippen LogP contribution in [-0.2, 0) is 30.4 Å². The number of hydrogen-bond acceptors (Lipinski definition) is 7. The van der Waals surface area contributed by atoms with Crippen molar-refractivity contribution in [2.24, 2.45) is 11.8 Å². The number of fused-ring (bicyclic) bond motifs is 1. The zero-order valence-electron chi connectivity index (χ0n) is 20.8. The summed E-state index contributed by atoms with van der Waals surface area (Å²) in [5, 5.41) is 9.62. The Morgan fingerprint density at radius 1 is 1.19 bits per heavy atom. The van der Waals surface area contributed by atoms with Crippen molar-refractivity contribution in [3.8, 4) is 0 Å². The highest BCUT2D eigenvalue weighted by atomic mass is 16.5. The van der Waals surface area contributed by atoms with Crippen LogP contribution in [0.3, 0.4) is 0 Å². The molecule has 0 radical (unpaired) electrons. The highest BCUT2D eigenvalue weighted by Gasteiger charge is 2.76. The van der Waals surface area contributed by atoms with Crippen molar-refractivity contribution in [1.29, 1.82) is 0 Å². The summed E-state index contributed by atoms with van der Waals surface area (Å²) in [7, 11) is 0. The zero-order chi connectivity index (χ0) is 25.8. The van der Waals surface area contributed by atoms with Crippen LogP contribution in [0.25, 0.3) is 0 Å². The van der Waals surface area contributed by atoms with Gasteiger partial charge in [0, 0.05) is 25.8 Å². The number of anilines is 1. The van der Waals surface area contributed by atoms with Crippen LogP contribution in [0, 0.1) is 18.8 Å². The molecule has 1 aromatic heterocycles. The van der Waals surface area contributed by atoms with Gasteiger partial charge in [0.15, 0.2) is 5.82 Å². The van der Waals surface area contributed by atoms with E-state index in [1.807, 2.05) is 42.5 Å². The van der Waals surface area contributed by atoms with Crippen LogP contribution in [0.1, 0.15) is 31.1 Å². The SMILES string of the molecule is Cc1cc(NC(=O)[C@@H]2[C@@H]3C(=O)N(C[C@@H]4CCCO4)[C@@H](C(=O)NCc4ccccc4)[C@@]34C=C[C@@]2(C)O4)no1. The summed E-state index contributed by atoms with van der Waals surface area (Å²) in [6, 6.07) is 10.3. The van der Waals surface area contributed by atoms with E-state index in [-0.39, 0.29) is 30.3 Å². The van der Waals surface area contributed by atoms with Gasteiger partial charge in [-0.05, 0) is 32.3 Å². The molecule has 6 atom stereocenters. The van der Waals surface area contributed by atoms with Gasteiger partial charge in [-0.25, -0.2) is 0 Å². The Morgan fingerprint density at radius 2 is 2.00 bits per heavy atom. The number of benzene rings is 1. The predicted octanol–water partition coefficient (Wildman–Crippen LogP) is 1.96. The normalized spacial score (nSPS) is 33.7. The first-order valence-corrected chi connectivity index (χ1v) is 12.7. The molecule has 4 aliphatic heterocycles. The minimum Gasteiger partial charge on any atom is -0.376 e. The van der Waals surface area contributed by atoms with Crippen LogP contribution in [0.5, 0.6) is 0 Å². The molecule has 3 amide bonds. The number of aromatic nitrogens is 1. The average molecular weight is 507 g/mol. The van der Waals surface area contributed by atoms with E-state index in [2.05, 4.69) is 15.8 Å². The first kappa shape index (κ1) is 23.9. The number of likely N-dealkylation sites (tertiary alicyclic amines) is 1. The molecule has 4 aliphatic rings. The summed E-state index contributed by atoms with van der Waals surface area (Å²) in [4.78, 5) is 42.9. The van der Waals surface area contributed by atoms with Crippen LogP contribution in [0.2, 0.25) is 0 Å². The fraction of sp³-hybridized carbons (Fsp3) is 0.481. The minimum absolute atomic E-state index is 0.161. The molecule has 0 aliphatic carbocycles. The first-order chi connectivity index (χ1) is 17.8. The van der Waals surface area contributed by atoms with E-state index < -0.39 is 35.0 Å². The zero-order valence-corrected chi connectivity index (χ0v) is 20.8. The Kier molecular flexibility index (Phi) is 5.68. The van der Waals surface area contributed by atoms with E-state index in [0.29, 0.717) is 18.9 Å².